The number of rotatable bonds is 0. The second-order valence-electron chi connectivity index (χ2n) is 10.6. The molecule has 1 N–H and O–H groups in total. The molecule has 0 aromatic heterocycles. The summed E-state index contributed by atoms with van der Waals surface area (Å²) in [6, 6.07) is 0. The largest absolute Gasteiger partial charge is 0.393 e. The molecular formula is C22H36O3. The summed E-state index contributed by atoms with van der Waals surface area (Å²) < 4.78 is 12.3. The molecule has 5 fully saturated rings. The third-order valence-electron chi connectivity index (χ3n) is 9.96. The van der Waals surface area contributed by atoms with Gasteiger partial charge in [-0.1, -0.05) is 20.8 Å². The molecule has 8 atom stereocenters. The van der Waals surface area contributed by atoms with Crippen LogP contribution < -0.4 is 0 Å². The number of hydrogen-bond acceptors (Lipinski definition) is 3. The molecule has 0 bridgehead atoms. The van der Waals surface area contributed by atoms with Crippen LogP contribution >= 0.6 is 0 Å². The van der Waals surface area contributed by atoms with E-state index >= 15 is 0 Å². The van der Waals surface area contributed by atoms with Crippen LogP contribution in [-0.2, 0) is 9.47 Å². The molecule has 1 saturated heterocycles. The average Bonchev–Trinajstić information content (AvgIpc) is 3.14. The SMILES string of the molecule is C[C@H]1CC2(C[C@@H]3CC[C@H]4[C@@H]5CC[C@H](O)[C@@]5(C)CC[C@@H]4[C@]31C)OCCO2. The number of aliphatic hydroxyl groups excluding tert-OH is 1. The van der Waals surface area contributed by atoms with Crippen LogP contribution in [-0.4, -0.2) is 30.2 Å². The Morgan fingerprint density at radius 3 is 2.40 bits per heavy atom. The predicted octanol–water partition coefficient (Wildman–Crippen LogP) is 4.38. The highest BCUT2D eigenvalue weighted by atomic mass is 16.7. The zero-order valence-electron chi connectivity index (χ0n) is 16.3. The first-order valence-corrected chi connectivity index (χ1v) is 10.8. The Balaban J connectivity index is 1.45. The van der Waals surface area contributed by atoms with Gasteiger partial charge in [-0.15, -0.1) is 0 Å². The molecule has 0 aromatic carbocycles. The quantitative estimate of drug-likeness (QED) is 0.706. The highest BCUT2D eigenvalue weighted by molar-refractivity contribution is 5.11. The molecule has 0 unspecified atom stereocenters. The van der Waals surface area contributed by atoms with E-state index in [2.05, 4.69) is 20.8 Å². The summed E-state index contributed by atoms with van der Waals surface area (Å²) in [4.78, 5) is 0. The lowest BCUT2D eigenvalue weighted by Gasteiger charge is -2.63. The Morgan fingerprint density at radius 1 is 0.880 bits per heavy atom. The van der Waals surface area contributed by atoms with E-state index in [4.69, 9.17) is 9.47 Å². The Hall–Kier alpha value is -0.120. The minimum absolute atomic E-state index is 0.0590. The van der Waals surface area contributed by atoms with Crippen LogP contribution in [0.1, 0.15) is 72.1 Å². The van der Waals surface area contributed by atoms with Crippen molar-refractivity contribution >= 4 is 0 Å². The molecule has 5 aliphatic rings. The van der Waals surface area contributed by atoms with Crippen molar-refractivity contribution in [2.75, 3.05) is 13.2 Å². The summed E-state index contributed by atoms with van der Waals surface area (Å²) in [6.07, 6.45) is 9.66. The molecule has 142 valence electrons. The summed E-state index contributed by atoms with van der Waals surface area (Å²) >= 11 is 0. The van der Waals surface area contributed by atoms with Crippen molar-refractivity contribution in [1.29, 1.82) is 0 Å². The van der Waals surface area contributed by atoms with Crippen molar-refractivity contribution in [2.24, 2.45) is 40.4 Å². The molecule has 25 heavy (non-hydrogen) atoms. The third-order valence-corrected chi connectivity index (χ3v) is 9.96. The van der Waals surface area contributed by atoms with Gasteiger partial charge in [0, 0.05) is 12.8 Å². The van der Waals surface area contributed by atoms with Crippen molar-refractivity contribution in [1.82, 2.24) is 0 Å². The summed E-state index contributed by atoms with van der Waals surface area (Å²) in [5.74, 6) is 3.56. The van der Waals surface area contributed by atoms with Gasteiger partial charge in [-0.25, -0.2) is 0 Å². The lowest BCUT2D eigenvalue weighted by molar-refractivity contribution is -0.248. The van der Waals surface area contributed by atoms with Crippen molar-refractivity contribution in [3.63, 3.8) is 0 Å². The third kappa shape index (κ3) is 2.15. The standard InChI is InChI=1S/C22H36O3/c1-14-12-22(24-10-11-25-22)13-15-4-5-16-17-6-7-19(23)20(17,2)9-8-18(16)21(14,15)3/h14-19,23H,4-13H2,1-3H3/t14-,15-,16-,17-,18-,19-,20-,21-/m0/s1. The van der Waals surface area contributed by atoms with Gasteiger partial charge in [0.25, 0.3) is 0 Å². The number of aliphatic hydroxyl groups is 1. The summed E-state index contributed by atoms with van der Waals surface area (Å²) in [6.45, 7) is 9.02. The fraction of sp³-hybridized carbons (Fsp3) is 1.00. The van der Waals surface area contributed by atoms with Gasteiger partial charge in [0.1, 0.15) is 0 Å². The predicted molar refractivity (Wildman–Crippen MR) is 96.9 cm³/mol. The molecule has 4 aliphatic carbocycles. The molecule has 0 aromatic rings. The van der Waals surface area contributed by atoms with E-state index in [1.165, 1.54) is 32.1 Å². The van der Waals surface area contributed by atoms with Crippen molar-refractivity contribution in [3.8, 4) is 0 Å². The first-order chi connectivity index (χ1) is 11.9. The molecule has 5 rings (SSSR count). The Labute approximate surface area is 152 Å². The van der Waals surface area contributed by atoms with E-state index in [1.807, 2.05) is 0 Å². The molecule has 3 heteroatoms. The second kappa shape index (κ2) is 5.45. The van der Waals surface area contributed by atoms with Crippen molar-refractivity contribution in [2.45, 2.75) is 84.0 Å². The first kappa shape index (κ1) is 17.0. The molecule has 4 saturated carbocycles. The topological polar surface area (TPSA) is 38.7 Å². The summed E-state index contributed by atoms with van der Waals surface area (Å²) in [7, 11) is 0. The minimum Gasteiger partial charge on any atom is -0.393 e. The maximum atomic E-state index is 10.6. The van der Waals surface area contributed by atoms with E-state index in [-0.39, 0.29) is 17.3 Å². The number of ether oxygens (including phenoxy) is 2. The van der Waals surface area contributed by atoms with E-state index in [1.54, 1.807) is 0 Å². The fourth-order valence-electron chi connectivity index (χ4n) is 8.41. The smallest absolute Gasteiger partial charge is 0.169 e. The van der Waals surface area contributed by atoms with Gasteiger partial charge < -0.3 is 14.6 Å². The number of hydrogen-bond donors (Lipinski definition) is 1. The van der Waals surface area contributed by atoms with Crippen LogP contribution in [0.2, 0.25) is 0 Å². The zero-order chi connectivity index (χ0) is 17.4. The maximum Gasteiger partial charge on any atom is 0.169 e. The highest BCUT2D eigenvalue weighted by Gasteiger charge is 2.63. The van der Waals surface area contributed by atoms with E-state index in [9.17, 15) is 5.11 Å². The van der Waals surface area contributed by atoms with Crippen LogP contribution in [0, 0.1) is 40.4 Å². The molecule has 1 heterocycles. The fourth-order valence-corrected chi connectivity index (χ4v) is 8.41. The van der Waals surface area contributed by atoms with Gasteiger partial charge in [-0.2, -0.15) is 0 Å². The average molecular weight is 349 g/mol. The van der Waals surface area contributed by atoms with Crippen LogP contribution in [0.5, 0.6) is 0 Å². The van der Waals surface area contributed by atoms with E-state index < -0.39 is 0 Å². The zero-order valence-corrected chi connectivity index (χ0v) is 16.3. The van der Waals surface area contributed by atoms with Crippen LogP contribution in [0.4, 0.5) is 0 Å². The van der Waals surface area contributed by atoms with Gasteiger partial charge >= 0.3 is 0 Å². The second-order valence-corrected chi connectivity index (χ2v) is 10.6. The normalized spacial score (nSPS) is 57.1. The van der Waals surface area contributed by atoms with E-state index in [0.717, 1.165) is 56.1 Å². The molecule has 1 spiro atoms. The monoisotopic (exact) mass is 348 g/mol. The maximum absolute atomic E-state index is 10.6. The lowest BCUT2D eigenvalue weighted by atomic mass is 9.42. The van der Waals surface area contributed by atoms with Gasteiger partial charge in [0.2, 0.25) is 0 Å². The highest BCUT2D eigenvalue weighted by Crippen LogP contribution is 2.68. The molecular weight excluding hydrogens is 312 g/mol. The summed E-state index contributed by atoms with van der Waals surface area (Å²) in [5, 5.41) is 10.6. The summed E-state index contributed by atoms with van der Waals surface area (Å²) in [5.41, 5.74) is 0.625. The molecule has 0 radical (unpaired) electrons. The van der Waals surface area contributed by atoms with Crippen molar-refractivity contribution in [3.05, 3.63) is 0 Å². The van der Waals surface area contributed by atoms with Gasteiger partial charge in [0.15, 0.2) is 5.79 Å². The molecule has 3 nitrogen and oxygen atoms in total. The lowest BCUT2D eigenvalue weighted by Crippen LogP contribution is -2.59. The van der Waals surface area contributed by atoms with Gasteiger partial charge in [-0.05, 0) is 78.9 Å². The van der Waals surface area contributed by atoms with Crippen LogP contribution in [0.15, 0.2) is 0 Å². The minimum atomic E-state index is -0.261. The molecule has 1 aliphatic heterocycles. The van der Waals surface area contributed by atoms with Crippen LogP contribution in [0.25, 0.3) is 0 Å². The van der Waals surface area contributed by atoms with E-state index in [0.29, 0.717) is 11.3 Å². The molecule has 0 amide bonds. The Kier molecular flexibility index (Phi) is 3.71. The van der Waals surface area contributed by atoms with Gasteiger partial charge in [0.05, 0.1) is 19.3 Å². The Bertz CT molecular complexity index is 541. The first-order valence-electron chi connectivity index (χ1n) is 10.8. The number of fused-ring (bicyclic) bond motifs is 5. The van der Waals surface area contributed by atoms with Crippen molar-refractivity contribution < 1.29 is 14.6 Å². The van der Waals surface area contributed by atoms with Crippen LogP contribution in [0.3, 0.4) is 0 Å². The Morgan fingerprint density at radius 2 is 1.64 bits per heavy atom. The van der Waals surface area contributed by atoms with Gasteiger partial charge in [-0.3, -0.25) is 0 Å².